The van der Waals surface area contributed by atoms with Crippen LogP contribution in [-0.2, 0) is 4.79 Å². The number of carbonyl (C=O) groups excluding carboxylic acids is 1. The second-order valence-electron chi connectivity index (χ2n) is 11.1. The monoisotopic (exact) mass is 375 g/mol. The first-order valence-electron chi connectivity index (χ1n) is 11.7. The van der Waals surface area contributed by atoms with E-state index in [1.165, 1.54) is 44.9 Å². The lowest BCUT2D eigenvalue weighted by Crippen LogP contribution is -2.58. The molecule has 27 heavy (non-hydrogen) atoms. The van der Waals surface area contributed by atoms with Crippen LogP contribution in [0.15, 0.2) is 0 Å². The molecule has 0 aromatic heterocycles. The van der Waals surface area contributed by atoms with Crippen molar-refractivity contribution in [3.8, 4) is 0 Å². The number of aliphatic hydroxyl groups is 1. The summed E-state index contributed by atoms with van der Waals surface area (Å²) in [6.45, 7) is 7.11. The minimum atomic E-state index is -0.936. The summed E-state index contributed by atoms with van der Waals surface area (Å²) < 4.78 is 0. The molecule has 0 radical (unpaired) electrons. The van der Waals surface area contributed by atoms with Crippen LogP contribution in [0.25, 0.3) is 0 Å². The second-order valence-corrected chi connectivity index (χ2v) is 11.1. The topological polar surface area (TPSA) is 60.4 Å². The molecule has 0 unspecified atom stereocenters. The van der Waals surface area contributed by atoms with E-state index in [9.17, 15) is 15.0 Å². The summed E-state index contributed by atoms with van der Waals surface area (Å²) in [5.41, 5.74) is 0.423. The summed E-state index contributed by atoms with van der Waals surface area (Å²) >= 11 is 0. The van der Waals surface area contributed by atoms with Gasteiger partial charge in [-0.05, 0) is 104 Å². The Balaban J connectivity index is 1.57. The van der Waals surface area contributed by atoms with E-state index in [0.717, 1.165) is 24.7 Å². The lowest BCUT2D eigenvalue weighted by Gasteiger charge is -2.62. The zero-order valence-electron chi connectivity index (χ0n) is 17.6. The van der Waals surface area contributed by atoms with Gasteiger partial charge in [-0.15, -0.1) is 0 Å². The maximum Gasteiger partial charge on any atom is 0.0602 e. The molecule has 0 aromatic rings. The summed E-state index contributed by atoms with van der Waals surface area (Å²) in [6.07, 6.45) is 12.3. The lowest BCUT2D eigenvalue weighted by atomic mass is 9.44. The molecule has 0 aromatic carbocycles. The van der Waals surface area contributed by atoms with Gasteiger partial charge in [0.1, 0.15) is 0 Å². The molecule has 3 heteroatoms. The Hall–Kier alpha value is -0.570. The Kier molecular flexibility index (Phi) is 5.15. The fourth-order valence-electron chi connectivity index (χ4n) is 8.77. The van der Waals surface area contributed by atoms with Crippen LogP contribution in [0.2, 0.25) is 0 Å². The number of hydrogen-bond donors (Lipinski definition) is 1. The molecule has 0 aliphatic heterocycles. The van der Waals surface area contributed by atoms with E-state index in [4.69, 9.17) is 0 Å². The largest absolute Gasteiger partial charge is 0.550 e. The SMILES string of the molecule is C[C@@H](CCC(=O)[O-])[C@H]1CC[C@@H]2[C@H]3CC[C@@H]4CCCC[C@]4(C)[C@H]3C[C@H](O)[C@@]21C. The molecule has 4 rings (SSSR count). The smallest absolute Gasteiger partial charge is 0.0602 e. The maximum atomic E-state index is 11.5. The van der Waals surface area contributed by atoms with Crippen molar-refractivity contribution in [3.63, 3.8) is 0 Å². The standard InChI is InChI=1S/C24H40O3/c1-15(7-12-22(26)27)18-10-11-19-17-9-8-16-6-4-5-13-23(16,2)20(17)14-21(25)24(18,19)3/h15-21,25H,4-14H2,1-3H3,(H,26,27)/p-1/t15-,16-,17+,18+,19+,20-,21-,23-,24+/m0/s1. The second kappa shape index (κ2) is 7.04. The third kappa shape index (κ3) is 2.98. The predicted molar refractivity (Wildman–Crippen MR) is 105 cm³/mol. The van der Waals surface area contributed by atoms with Crippen LogP contribution in [0.3, 0.4) is 0 Å². The fraction of sp³-hybridized carbons (Fsp3) is 0.958. The highest BCUT2D eigenvalue weighted by Gasteiger charge is 2.63. The highest BCUT2D eigenvalue weighted by Crippen LogP contribution is 2.68. The van der Waals surface area contributed by atoms with Crippen LogP contribution in [0.4, 0.5) is 0 Å². The van der Waals surface area contributed by atoms with Crippen molar-refractivity contribution in [1.29, 1.82) is 0 Å². The summed E-state index contributed by atoms with van der Waals surface area (Å²) in [5, 5.41) is 22.4. The van der Waals surface area contributed by atoms with Gasteiger partial charge in [-0.25, -0.2) is 0 Å². The van der Waals surface area contributed by atoms with Gasteiger partial charge in [0.25, 0.3) is 0 Å². The highest BCUT2D eigenvalue weighted by atomic mass is 16.4. The molecule has 0 heterocycles. The molecule has 4 saturated carbocycles. The summed E-state index contributed by atoms with van der Waals surface area (Å²) in [4.78, 5) is 10.9. The fourth-order valence-corrected chi connectivity index (χ4v) is 8.77. The van der Waals surface area contributed by atoms with Crippen LogP contribution in [0.1, 0.15) is 91.4 Å². The quantitative estimate of drug-likeness (QED) is 0.802. The van der Waals surface area contributed by atoms with Gasteiger partial charge in [-0.2, -0.15) is 0 Å². The van der Waals surface area contributed by atoms with Crippen LogP contribution in [0, 0.1) is 46.3 Å². The number of carboxylic acids is 1. The van der Waals surface area contributed by atoms with Crippen LogP contribution < -0.4 is 5.11 Å². The number of hydrogen-bond acceptors (Lipinski definition) is 3. The van der Waals surface area contributed by atoms with Crippen molar-refractivity contribution in [2.45, 2.75) is 97.5 Å². The molecule has 3 nitrogen and oxygen atoms in total. The van der Waals surface area contributed by atoms with Crippen molar-refractivity contribution in [1.82, 2.24) is 0 Å². The molecule has 4 fully saturated rings. The van der Waals surface area contributed by atoms with Gasteiger partial charge >= 0.3 is 0 Å². The van der Waals surface area contributed by atoms with Crippen LogP contribution in [-0.4, -0.2) is 17.2 Å². The van der Waals surface area contributed by atoms with Crippen molar-refractivity contribution >= 4 is 5.97 Å². The molecular weight excluding hydrogens is 336 g/mol. The molecule has 4 aliphatic rings. The Bertz CT molecular complexity index is 574. The average Bonchev–Trinajstić information content (AvgIpc) is 2.99. The molecule has 0 saturated heterocycles. The van der Waals surface area contributed by atoms with Crippen molar-refractivity contribution in [3.05, 3.63) is 0 Å². The number of aliphatic hydroxyl groups excluding tert-OH is 1. The van der Waals surface area contributed by atoms with Crippen molar-refractivity contribution < 1.29 is 15.0 Å². The summed E-state index contributed by atoms with van der Waals surface area (Å²) in [6, 6.07) is 0. The number of rotatable bonds is 4. The van der Waals surface area contributed by atoms with E-state index in [1.54, 1.807) is 0 Å². The zero-order valence-corrected chi connectivity index (χ0v) is 17.6. The third-order valence-electron chi connectivity index (χ3n) is 10.3. The van der Waals surface area contributed by atoms with E-state index in [-0.39, 0.29) is 17.9 Å². The van der Waals surface area contributed by atoms with Crippen molar-refractivity contribution in [2.75, 3.05) is 0 Å². The van der Waals surface area contributed by atoms with E-state index in [2.05, 4.69) is 20.8 Å². The third-order valence-corrected chi connectivity index (χ3v) is 10.3. The first-order chi connectivity index (χ1) is 12.8. The summed E-state index contributed by atoms with van der Waals surface area (Å²) in [7, 11) is 0. The number of carbonyl (C=O) groups is 1. The molecule has 4 aliphatic carbocycles. The molecule has 9 atom stereocenters. The first-order valence-corrected chi connectivity index (χ1v) is 11.7. The minimum absolute atomic E-state index is 0.0234. The summed E-state index contributed by atoms with van der Waals surface area (Å²) in [5.74, 6) is 2.84. The van der Waals surface area contributed by atoms with E-state index in [0.29, 0.717) is 35.5 Å². The van der Waals surface area contributed by atoms with E-state index >= 15 is 0 Å². The Morgan fingerprint density at radius 3 is 2.63 bits per heavy atom. The number of fused-ring (bicyclic) bond motifs is 5. The van der Waals surface area contributed by atoms with E-state index < -0.39 is 5.97 Å². The molecule has 1 N–H and O–H groups in total. The molecular formula is C24H39O3-. The highest BCUT2D eigenvalue weighted by molar-refractivity contribution is 5.64. The first kappa shape index (κ1) is 19.7. The van der Waals surface area contributed by atoms with Gasteiger partial charge in [-0.3, -0.25) is 0 Å². The lowest BCUT2D eigenvalue weighted by molar-refractivity contribution is -0.306. The van der Waals surface area contributed by atoms with Gasteiger partial charge in [0, 0.05) is 5.97 Å². The number of carboxylic acid groups (broad SMARTS) is 1. The molecule has 0 bridgehead atoms. The van der Waals surface area contributed by atoms with Gasteiger partial charge < -0.3 is 15.0 Å². The predicted octanol–water partition coefficient (Wildman–Crippen LogP) is 4.17. The van der Waals surface area contributed by atoms with Crippen LogP contribution in [0.5, 0.6) is 0 Å². The Morgan fingerprint density at radius 2 is 1.89 bits per heavy atom. The molecule has 154 valence electrons. The van der Waals surface area contributed by atoms with Crippen LogP contribution >= 0.6 is 0 Å². The molecule has 0 spiro atoms. The van der Waals surface area contributed by atoms with E-state index in [1.807, 2.05) is 0 Å². The molecule has 0 amide bonds. The van der Waals surface area contributed by atoms with Crippen molar-refractivity contribution in [2.24, 2.45) is 46.3 Å². The zero-order chi connectivity index (χ0) is 19.4. The maximum absolute atomic E-state index is 11.5. The average molecular weight is 376 g/mol. The normalized spacial score (nSPS) is 50.4. The van der Waals surface area contributed by atoms with Gasteiger partial charge in [0.05, 0.1) is 6.10 Å². The Labute approximate surface area is 165 Å². The minimum Gasteiger partial charge on any atom is -0.550 e. The number of aliphatic carboxylic acids is 1. The Morgan fingerprint density at radius 1 is 1.11 bits per heavy atom. The van der Waals surface area contributed by atoms with Gasteiger partial charge in [0.15, 0.2) is 0 Å². The van der Waals surface area contributed by atoms with Gasteiger partial charge in [-0.1, -0.05) is 33.6 Å². The van der Waals surface area contributed by atoms with Gasteiger partial charge in [0.2, 0.25) is 0 Å².